The fourth-order valence-corrected chi connectivity index (χ4v) is 5.87. The predicted molar refractivity (Wildman–Crippen MR) is 115 cm³/mol. The second kappa shape index (κ2) is 7.28. The highest BCUT2D eigenvalue weighted by Gasteiger charge is 2.23. The molecular formula is C20H19ClN2O2S2. The summed E-state index contributed by atoms with van der Waals surface area (Å²) >= 11 is 7.89. The third-order valence-corrected chi connectivity index (χ3v) is 7.23. The fourth-order valence-electron chi connectivity index (χ4n) is 3.33. The summed E-state index contributed by atoms with van der Waals surface area (Å²) < 4.78 is 29.1. The van der Waals surface area contributed by atoms with Crippen molar-refractivity contribution in [1.82, 2.24) is 4.90 Å². The van der Waals surface area contributed by atoms with E-state index in [0.29, 0.717) is 11.5 Å². The summed E-state index contributed by atoms with van der Waals surface area (Å²) in [7, 11) is -1.57. The third kappa shape index (κ3) is 3.89. The standard InChI is InChI=1S/C20H19ClN2O2S2/c1-23-11-9-15-17(21)7-8-18-19(15)16(13-23)20(26-18)22-27(24,25)12-10-14-5-3-2-4-6-14/h2-8,10,12,22H,9,11,13H2,1H3/b12-10-. The molecule has 0 amide bonds. The normalized spacial score (nSPS) is 15.3. The molecule has 1 aliphatic heterocycles. The summed E-state index contributed by atoms with van der Waals surface area (Å²) in [4.78, 5) is 2.19. The van der Waals surface area contributed by atoms with Crippen LogP contribution in [0.25, 0.3) is 16.2 Å². The van der Waals surface area contributed by atoms with Crippen LogP contribution >= 0.6 is 22.9 Å². The van der Waals surface area contributed by atoms with Crippen molar-refractivity contribution in [2.75, 3.05) is 18.3 Å². The molecule has 0 bridgehead atoms. The first-order valence-corrected chi connectivity index (χ1v) is 11.3. The molecule has 2 heterocycles. The number of likely N-dealkylation sites (N-methyl/N-ethyl adjacent to an activating group) is 1. The molecule has 4 nitrogen and oxygen atoms in total. The Morgan fingerprint density at radius 3 is 2.70 bits per heavy atom. The van der Waals surface area contributed by atoms with Gasteiger partial charge in [0.05, 0.1) is 5.41 Å². The van der Waals surface area contributed by atoms with Crippen molar-refractivity contribution < 1.29 is 8.42 Å². The molecule has 0 fully saturated rings. The first-order valence-electron chi connectivity index (χ1n) is 8.60. The van der Waals surface area contributed by atoms with Crippen molar-refractivity contribution in [2.24, 2.45) is 0 Å². The van der Waals surface area contributed by atoms with Gasteiger partial charge < -0.3 is 4.90 Å². The lowest BCUT2D eigenvalue weighted by Gasteiger charge is -2.14. The minimum atomic E-state index is -3.61. The zero-order valence-corrected chi connectivity index (χ0v) is 17.2. The monoisotopic (exact) mass is 418 g/mol. The number of nitrogens with one attached hydrogen (secondary N) is 1. The lowest BCUT2D eigenvalue weighted by atomic mass is 10.0. The van der Waals surface area contributed by atoms with Crippen LogP contribution in [-0.4, -0.2) is 26.9 Å². The Balaban J connectivity index is 1.73. The molecule has 0 unspecified atom stereocenters. The minimum absolute atomic E-state index is 0.667. The molecule has 7 heteroatoms. The van der Waals surface area contributed by atoms with Gasteiger partial charge in [0.15, 0.2) is 0 Å². The van der Waals surface area contributed by atoms with Gasteiger partial charge in [-0.3, -0.25) is 4.72 Å². The minimum Gasteiger partial charge on any atom is -0.302 e. The molecule has 0 saturated heterocycles. The van der Waals surface area contributed by atoms with Gasteiger partial charge in [-0.1, -0.05) is 41.9 Å². The molecule has 27 heavy (non-hydrogen) atoms. The van der Waals surface area contributed by atoms with E-state index in [1.807, 2.05) is 49.5 Å². The van der Waals surface area contributed by atoms with E-state index >= 15 is 0 Å². The number of anilines is 1. The SMILES string of the molecule is CN1CCc2c(Cl)ccc3sc(NS(=O)(=O)/C=C\c4ccccc4)c(c23)C1. The number of halogens is 1. The number of nitrogens with zero attached hydrogens (tertiary/aromatic N) is 1. The first-order chi connectivity index (χ1) is 12.9. The van der Waals surface area contributed by atoms with Crippen LogP contribution < -0.4 is 4.72 Å². The number of rotatable bonds is 4. The summed E-state index contributed by atoms with van der Waals surface area (Å²) in [6, 6.07) is 13.2. The van der Waals surface area contributed by atoms with Gasteiger partial charge in [-0.25, -0.2) is 8.42 Å². The summed E-state index contributed by atoms with van der Waals surface area (Å²) in [6.07, 6.45) is 2.46. The smallest absolute Gasteiger partial charge is 0.255 e. The molecule has 0 atom stereocenters. The maximum absolute atomic E-state index is 12.6. The Morgan fingerprint density at radius 1 is 1.15 bits per heavy atom. The topological polar surface area (TPSA) is 49.4 Å². The summed E-state index contributed by atoms with van der Waals surface area (Å²) in [5, 5.41) is 3.73. The number of hydrogen-bond donors (Lipinski definition) is 1. The highest BCUT2D eigenvalue weighted by Crippen LogP contribution is 2.42. The highest BCUT2D eigenvalue weighted by molar-refractivity contribution is 7.95. The number of benzene rings is 2. The van der Waals surface area contributed by atoms with Crippen LogP contribution in [-0.2, 0) is 23.0 Å². The van der Waals surface area contributed by atoms with Crippen LogP contribution in [0.2, 0.25) is 5.02 Å². The predicted octanol–water partition coefficient (Wildman–Crippen LogP) is 4.96. The van der Waals surface area contributed by atoms with Gasteiger partial charge in [0.25, 0.3) is 10.0 Å². The second-order valence-corrected chi connectivity index (χ2v) is 9.68. The van der Waals surface area contributed by atoms with Crippen LogP contribution in [0.15, 0.2) is 47.9 Å². The molecule has 1 aromatic heterocycles. The van der Waals surface area contributed by atoms with E-state index in [-0.39, 0.29) is 0 Å². The maximum atomic E-state index is 12.6. The molecule has 1 N–H and O–H groups in total. The Morgan fingerprint density at radius 2 is 1.93 bits per heavy atom. The zero-order chi connectivity index (χ0) is 19.0. The lowest BCUT2D eigenvalue weighted by molar-refractivity contribution is 0.337. The van der Waals surface area contributed by atoms with Crippen LogP contribution in [0.4, 0.5) is 5.00 Å². The van der Waals surface area contributed by atoms with Crippen molar-refractivity contribution >= 4 is 54.1 Å². The Hall–Kier alpha value is -1.86. The van der Waals surface area contributed by atoms with Crippen LogP contribution in [0.1, 0.15) is 16.7 Å². The Labute approximate surface area is 168 Å². The fraction of sp³-hybridized carbons (Fsp3) is 0.200. The highest BCUT2D eigenvalue weighted by atomic mass is 35.5. The van der Waals surface area contributed by atoms with E-state index in [1.165, 1.54) is 16.7 Å². The van der Waals surface area contributed by atoms with Gasteiger partial charge in [-0.05, 0) is 42.8 Å². The van der Waals surface area contributed by atoms with Gasteiger partial charge in [0.2, 0.25) is 0 Å². The van der Waals surface area contributed by atoms with E-state index in [0.717, 1.165) is 44.8 Å². The maximum Gasteiger partial charge on any atom is 0.255 e. The van der Waals surface area contributed by atoms with Crippen molar-refractivity contribution in [3.63, 3.8) is 0 Å². The number of thiophene rings is 1. The van der Waals surface area contributed by atoms with Crippen LogP contribution in [0.5, 0.6) is 0 Å². The van der Waals surface area contributed by atoms with Gasteiger partial charge in [0, 0.05) is 33.8 Å². The third-order valence-electron chi connectivity index (χ3n) is 4.65. The molecule has 140 valence electrons. The van der Waals surface area contributed by atoms with Gasteiger partial charge in [-0.2, -0.15) is 0 Å². The number of hydrogen-bond acceptors (Lipinski definition) is 4. The quantitative estimate of drug-likeness (QED) is 0.651. The summed E-state index contributed by atoms with van der Waals surface area (Å²) in [5.41, 5.74) is 2.95. The van der Waals surface area contributed by atoms with E-state index in [9.17, 15) is 8.42 Å². The van der Waals surface area contributed by atoms with Crippen molar-refractivity contribution in [2.45, 2.75) is 13.0 Å². The van der Waals surface area contributed by atoms with Crippen molar-refractivity contribution in [3.8, 4) is 0 Å². The van der Waals surface area contributed by atoms with Crippen LogP contribution in [0, 0.1) is 0 Å². The van der Waals surface area contributed by atoms with Gasteiger partial charge >= 0.3 is 0 Å². The second-order valence-electron chi connectivity index (χ2n) is 6.66. The van der Waals surface area contributed by atoms with Crippen LogP contribution in [0.3, 0.4) is 0 Å². The zero-order valence-electron chi connectivity index (χ0n) is 14.8. The van der Waals surface area contributed by atoms with E-state index in [4.69, 9.17) is 11.6 Å². The number of sulfonamides is 1. The molecule has 0 radical (unpaired) electrons. The van der Waals surface area contributed by atoms with Crippen molar-refractivity contribution in [3.05, 3.63) is 69.6 Å². The summed E-state index contributed by atoms with van der Waals surface area (Å²) in [6.45, 7) is 1.58. The average molecular weight is 419 g/mol. The van der Waals surface area contributed by atoms with Gasteiger partial charge in [-0.15, -0.1) is 11.3 Å². The Bertz CT molecular complexity index is 1120. The van der Waals surface area contributed by atoms with Gasteiger partial charge in [0.1, 0.15) is 5.00 Å². The molecule has 0 spiro atoms. The molecule has 2 aromatic carbocycles. The summed E-state index contributed by atoms with van der Waals surface area (Å²) in [5.74, 6) is 0. The molecule has 0 aliphatic carbocycles. The molecule has 0 saturated carbocycles. The average Bonchev–Trinajstić information content (AvgIpc) is 2.85. The molecule has 1 aliphatic rings. The molecule has 3 aromatic rings. The lowest BCUT2D eigenvalue weighted by Crippen LogP contribution is -2.19. The molecule has 4 rings (SSSR count). The molecular weight excluding hydrogens is 400 g/mol. The van der Waals surface area contributed by atoms with E-state index in [1.54, 1.807) is 6.08 Å². The van der Waals surface area contributed by atoms with E-state index in [2.05, 4.69) is 9.62 Å². The van der Waals surface area contributed by atoms with Crippen molar-refractivity contribution in [1.29, 1.82) is 0 Å². The Kier molecular flexibility index (Phi) is 4.99. The van der Waals surface area contributed by atoms with E-state index < -0.39 is 10.0 Å². The largest absolute Gasteiger partial charge is 0.302 e. The first kappa shape index (κ1) is 18.5.